The fraction of sp³-hybridized carbons (Fsp3) is 0.600. The molecule has 1 atom stereocenters. The van der Waals surface area contributed by atoms with E-state index in [1.807, 2.05) is 0 Å². The highest BCUT2D eigenvalue weighted by Gasteiger charge is 2.12. The molecule has 0 aliphatic carbocycles. The van der Waals surface area contributed by atoms with E-state index in [1.54, 1.807) is 0 Å². The molecule has 0 aromatic heterocycles. The summed E-state index contributed by atoms with van der Waals surface area (Å²) >= 11 is 0. The van der Waals surface area contributed by atoms with Crippen molar-refractivity contribution in [1.29, 1.82) is 0 Å². The molecule has 0 fully saturated rings. The molecule has 0 radical (unpaired) electrons. The van der Waals surface area contributed by atoms with E-state index in [-0.39, 0.29) is 0 Å². The summed E-state index contributed by atoms with van der Waals surface area (Å²) in [5.74, 6) is 1.08. The lowest BCUT2D eigenvalue weighted by atomic mass is 10.1. The van der Waals surface area contributed by atoms with Crippen LogP contribution >= 0.6 is 0 Å². The van der Waals surface area contributed by atoms with Gasteiger partial charge in [-0.2, -0.15) is 0 Å². The van der Waals surface area contributed by atoms with Crippen LogP contribution < -0.4 is 10.1 Å². The molecule has 0 bridgehead atoms. The summed E-state index contributed by atoms with van der Waals surface area (Å²) in [6.07, 6.45) is 4.80. The van der Waals surface area contributed by atoms with Gasteiger partial charge in [0, 0.05) is 19.0 Å². The van der Waals surface area contributed by atoms with Gasteiger partial charge in [-0.05, 0) is 30.0 Å². The third-order valence-electron chi connectivity index (χ3n) is 3.48. The lowest BCUT2D eigenvalue weighted by Crippen LogP contribution is -2.27. The molecule has 17 heavy (non-hydrogen) atoms. The Morgan fingerprint density at radius 3 is 3.00 bits per heavy atom. The van der Waals surface area contributed by atoms with E-state index in [0.717, 1.165) is 25.3 Å². The van der Waals surface area contributed by atoms with Crippen LogP contribution in [0.3, 0.4) is 0 Å². The SMILES string of the molecule is CCCC(CC)NCc1ccc2c(c1)CCO2. The van der Waals surface area contributed by atoms with Gasteiger partial charge in [0.15, 0.2) is 0 Å². The summed E-state index contributed by atoms with van der Waals surface area (Å²) in [5, 5.41) is 3.64. The highest BCUT2D eigenvalue weighted by atomic mass is 16.5. The maximum absolute atomic E-state index is 5.52. The summed E-state index contributed by atoms with van der Waals surface area (Å²) in [6.45, 7) is 6.33. The topological polar surface area (TPSA) is 21.3 Å². The van der Waals surface area contributed by atoms with Crippen LogP contribution in [-0.2, 0) is 13.0 Å². The molecule has 0 amide bonds. The molecule has 0 saturated heterocycles. The number of rotatable bonds is 6. The van der Waals surface area contributed by atoms with Crippen molar-refractivity contribution >= 4 is 0 Å². The number of fused-ring (bicyclic) bond motifs is 1. The van der Waals surface area contributed by atoms with Gasteiger partial charge in [-0.25, -0.2) is 0 Å². The van der Waals surface area contributed by atoms with E-state index in [1.165, 1.54) is 30.4 Å². The Balaban J connectivity index is 1.90. The first-order valence-electron chi connectivity index (χ1n) is 6.81. The van der Waals surface area contributed by atoms with Crippen LogP contribution in [0, 0.1) is 0 Å². The second kappa shape index (κ2) is 6.06. The minimum atomic E-state index is 0.657. The van der Waals surface area contributed by atoms with Gasteiger partial charge in [-0.15, -0.1) is 0 Å². The van der Waals surface area contributed by atoms with Crippen molar-refractivity contribution in [3.05, 3.63) is 29.3 Å². The fourth-order valence-corrected chi connectivity index (χ4v) is 2.41. The quantitative estimate of drug-likeness (QED) is 0.814. The number of benzene rings is 1. The van der Waals surface area contributed by atoms with Gasteiger partial charge < -0.3 is 10.1 Å². The molecule has 2 heteroatoms. The highest BCUT2D eigenvalue weighted by molar-refractivity contribution is 5.39. The molecule has 1 aliphatic heterocycles. The van der Waals surface area contributed by atoms with Gasteiger partial charge in [-0.1, -0.05) is 32.4 Å². The Kier molecular flexibility index (Phi) is 4.43. The lowest BCUT2D eigenvalue weighted by molar-refractivity contribution is 0.357. The molecule has 1 unspecified atom stereocenters. The second-order valence-electron chi connectivity index (χ2n) is 4.82. The van der Waals surface area contributed by atoms with E-state index in [0.29, 0.717) is 6.04 Å². The molecule has 2 nitrogen and oxygen atoms in total. The molecular formula is C15H23NO. The molecule has 2 rings (SSSR count). The summed E-state index contributed by atoms with van der Waals surface area (Å²) in [5.41, 5.74) is 2.75. The third kappa shape index (κ3) is 3.22. The zero-order valence-electron chi connectivity index (χ0n) is 11.0. The van der Waals surface area contributed by atoms with Crippen molar-refractivity contribution < 1.29 is 4.74 Å². The van der Waals surface area contributed by atoms with Crippen molar-refractivity contribution in [3.63, 3.8) is 0 Å². The molecule has 0 saturated carbocycles. The lowest BCUT2D eigenvalue weighted by Gasteiger charge is -2.16. The third-order valence-corrected chi connectivity index (χ3v) is 3.48. The van der Waals surface area contributed by atoms with Crippen molar-refractivity contribution in [2.24, 2.45) is 0 Å². The molecule has 1 aliphatic rings. The van der Waals surface area contributed by atoms with Crippen LogP contribution in [0.1, 0.15) is 44.2 Å². The average molecular weight is 233 g/mol. The van der Waals surface area contributed by atoms with Gasteiger partial charge in [-0.3, -0.25) is 0 Å². The van der Waals surface area contributed by atoms with E-state index in [4.69, 9.17) is 4.74 Å². The minimum absolute atomic E-state index is 0.657. The maximum atomic E-state index is 5.52. The molecule has 1 aromatic rings. The smallest absolute Gasteiger partial charge is 0.122 e. The largest absolute Gasteiger partial charge is 0.493 e. The predicted octanol–water partition coefficient (Wildman–Crippen LogP) is 3.29. The first kappa shape index (κ1) is 12.4. The molecule has 1 heterocycles. The van der Waals surface area contributed by atoms with E-state index in [2.05, 4.69) is 37.4 Å². The Hall–Kier alpha value is -1.02. The van der Waals surface area contributed by atoms with E-state index < -0.39 is 0 Å². The van der Waals surface area contributed by atoms with Crippen molar-refractivity contribution in [3.8, 4) is 5.75 Å². The van der Waals surface area contributed by atoms with Crippen molar-refractivity contribution in [2.75, 3.05) is 6.61 Å². The fourth-order valence-electron chi connectivity index (χ4n) is 2.41. The summed E-state index contributed by atoms with van der Waals surface area (Å²) in [6, 6.07) is 7.23. The zero-order valence-corrected chi connectivity index (χ0v) is 11.0. The predicted molar refractivity (Wildman–Crippen MR) is 71.5 cm³/mol. The van der Waals surface area contributed by atoms with Crippen molar-refractivity contribution in [2.45, 2.75) is 52.1 Å². The molecule has 94 valence electrons. The Labute approximate surface area is 104 Å². The number of hydrogen-bond donors (Lipinski definition) is 1. The Bertz CT molecular complexity index is 362. The molecular weight excluding hydrogens is 210 g/mol. The summed E-state index contributed by atoms with van der Waals surface area (Å²) in [7, 11) is 0. The monoisotopic (exact) mass is 233 g/mol. The van der Waals surface area contributed by atoms with Gasteiger partial charge in [0.2, 0.25) is 0 Å². The first-order valence-corrected chi connectivity index (χ1v) is 6.81. The summed E-state index contributed by atoms with van der Waals surface area (Å²) in [4.78, 5) is 0. The highest BCUT2D eigenvalue weighted by Crippen LogP contribution is 2.25. The Morgan fingerprint density at radius 1 is 1.35 bits per heavy atom. The maximum Gasteiger partial charge on any atom is 0.122 e. The van der Waals surface area contributed by atoms with E-state index >= 15 is 0 Å². The standard InChI is InChI=1S/C15H23NO/c1-3-5-14(4-2)16-11-12-6-7-15-13(10-12)8-9-17-15/h6-7,10,14,16H,3-5,8-9,11H2,1-2H3. The molecule has 1 N–H and O–H groups in total. The normalized spacial score (nSPS) is 15.4. The molecule has 0 spiro atoms. The van der Waals surface area contributed by atoms with Crippen LogP contribution in [-0.4, -0.2) is 12.6 Å². The Morgan fingerprint density at radius 2 is 2.24 bits per heavy atom. The summed E-state index contributed by atoms with van der Waals surface area (Å²) < 4.78 is 5.52. The van der Waals surface area contributed by atoms with Crippen LogP contribution in [0.2, 0.25) is 0 Å². The van der Waals surface area contributed by atoms with E-state index in [9.17, 15) is 0 Å². The first-order chi connectivity index (χ1) is 8.33. The minimum Gasteiger partial charge on any atom is -0.493 e. The van der Waals surface area contributed by atoms with Gasteiger partial charge in [0.25, 0.3) is 0 Å². The average Bonchev–Trinajstić information content (AvgIpc) is 2.81. The second-order valence-corrected chi connectivity index (χ2v) is 4.82. The molecule has 1 aromatic carbocycles. The van der Waals surface area contributed by atoms with Crippen LogP contribution in [0.4, 0.5) is 0 Å². The van der Waals surface area contributed by atoms with Gasteiger partial charge in [0.05, 0.1) is 6.61 Å². The van der Waals surface area contributed by atoms with Crippen LogP contribution in [0.15, 0.2) is 18.2 Å². The van der Waals surface area contributed by atoms with Crippen molar-refractivity contribution in [1.82, 2.24) is 5.32 Å². The van der Waals surface area contributed by atoms with Crippen LogP contribution in [0.5, 0.6) is 5.75 Å². The number of nitrogens with one attached hydrogen (secondary N) is 1. The van der Waals surface area contributed by atoms with Gasteiger partial charge in [0.1, 0.15) is 5.75 Å². The van der Waals surface area contributed by atoms with Gasteiger partial charge >= 0.3 is 0 Å². The number of hydrogen-bond acceptors (Lipinski definition) is 2. The number of ether oxygens (including phenoxy) is 1. The zero-order chi connectivity index (χ0) is 12.1. The van der Waals surface area contributed by atoms with Crippen LogP contribution in [0.25, 0.3) is 0 Å².